The summed E-state index contributed by atoms with van der Waals surface area (Å²) in [5.41, 5.74) is 0. The van der Waals surface area contributed by atoms with Crippen LogP contribution >= 0.6 is 0 Å². The molecule has 0 aliphatic heterocycles. The Labute approximate surface area is 112 Å². The number of anilines is 1. The van der Waals surface area contributed by atoms with Crippen molar-refractivity contribution >= 4 is 11.8 Å². The number of aliphatic carboxylic acids is 1. The summed E-state index contributed by atoms with van der Waals surface area (Å²) in [5.74, 6) is 0.242. The molecule has 104 valence electrons. The van der Waals surface area contributed by atoms with Crippen LogP contribution in [0.25, 0.3) is 0 Å². The number of nitrogens with zero attached hydrogens (tertiary/aromatic N) is 2. The molecule has 1 heterocycles. The molecule has 6 heteroatoms. The van der Waals surface area contributed by atoms with Gasteiger partial charge in [-0.05, 0) is 18.8 Å². The minimum atomic E-state index is -0.829. The van der Waals surface area contributed by atoms with E-state index >= 15 is 0 Å². The maximum atomic E-state index is 11.4. The standard InChI is InChI=1S/C13H19N3O3/c1-19-11-7-10(14-8-15-11)16-12(13(17)18)9-5-3-2-4-6-9/h7-9,12H,2-6H2,1H3,(H,17,18)(H,14,15,16). The summed E-state index contributed by atoms with van der Waals surface area (Å²) in [6.45, 7) is 0. The van der Waals surface area contributed by atoms with Crippen molar-refractivity contribution in [2.24, 2.45) is 5.92 Å². The maximum absolute atomic E-state index is 11.4. The lowest BCUT2D eigenvalue weighted by Gasteiger charge is -2.28. The number of carbonyl (C=O) groups is 1. The monoisotopic (exact) mass is 265 g/mol. The van der Waals surface area contributed by atoms with E-state index in [9.17, 15) is 9.90 Å². The smallest absolute Gasteiger partial charge is 0.326 e. The van der Waals surface area contributed by atoms with Gasteiger partial charge in [0.25, 0.3) is 0 Å². The molecule has 0 amide bonds. The summed E-state index contributed by atoms with van der Waals surface area (Å²) in [5, 5.41) is 12.4. The van der Waals surface area contributed by atoms with Crippen molar-refractivity contribution in [3.8, 4) is 5.88 Å². The van der Waals surface area contributed by atoms with Gasteiger partial charge in [-0.3, -0.25) is 0 Å². The molecule has 2 N–H and O–H groups in total. The van der Waals surface area contributed by atoms with Gasteiger partial charge in [-0.15, -0.1) is 0 Å². The molecule has 1 aliphatic carbocycles. The van der Waals surface area contributed by atoms with Gasteiger partial charge < -0.3 is 15.2 Å². The van der Waals surface area contributed by atoms with Crippen LogP contribution in [0.5, 0.6) is 5.88 Å². The van der Waals surface area contributed by atoms with Crippen molar-refractivity contribution in [1.82, 2.24) is 9.97 Å². The third kappa shape index (κ3) is 3.56. The average Bonchev–Trinajstić information content (AvgIpc) is 2.45. The molecule has 1 unspecified atom stereocenters. The zero-order valence-corrected chi connectivity index (χ0v) is 11.0. The fourth-order valence-electron chi connectivity index (χ4n) is 2.54. The van der Waals surface area contributed by atoms with E-state index < -0.39 is 12.0 Å². The fourth-order valence-corrected chi connectivity index (χ4v) is 2.54. The van der Waals surface area contributed by atoms with Gasteiger partial charge in [-0.1, -0.05) is 19.3 Å². The topological polar surface area (TPSA) is 84.3 Å². The zero-order chi connectivity index (χ0) is 13.7. The number of nitrogens with one attached hydrogen (secondary N) is 1. The first-order valence-electron chi connectivity index (χ1n) is 6.56. The first kappa shape index (κ1) is 13.6. The third-order valence-corrected chi connectivity index (χ3v) is 3.54. The average molecular weight is 265 g/mol. The van der Waals surface area contributed by atoms with Crippen LogP contribution < -0.4 is 10.1 Å². The van der Waals surface area contributed by atoms with Crippen LogP contribution in [0.15, 0.2) is 12.4 Å². The van der Waals surface area contributed by atoms with Crippen LogP contribution in [0.3, 0.4) is 0 Å². The molecule has 1 aromatic heterocycles. The molecule has 1 saturated carbocycles. The van der Waals surface area contributed by atoms with E-state index in [1.54, 1.807) is 6.07 Å². The molecule has 1 aliphatic rings. The summed E-state index contributed by atoms with van der Waals surface area (Å²) in [4.78, 5) is 19.4. The summed E-state index contributed by atoms with van der Waals surface area (Å²) < 4.78 is 5.00. The Hall–Kier alpha value is -1.85. The van der Waals surface area contributed by atoms with Gasteiger partial charge in [0, 0.05) is 6.07 Å². The first-order chi connectivity index (χ1) is 9.20. The summed E-state index contributed by atoms with van der Waals surface area (Å²) in [7, 11) is 1.52. The molecule has 0 saturated heterocycles. The fraction of sp³-hybridized carbons (Fsp3) is 0.615. The number of hydrogen-bond donors (Lipinski definition) is 2. The van der Waals surface area contributed by atoms with Crippen LogP contribution in [-0.4, -0.2) is 34.2 Å². The molecule has 1 fully saturated rings. The van der Waals surface area contributed by atoms with Crippen LogP contribution in [0.2, 0.25) is 0 Å². The highest BCUT2D eigenvalue weighted by Crippen LogP contribution is 2.28. The van der Waals surface area contributed by atoms with E-state index in [1.165, 1.54) is 19.9 Å². The van der Waals surface area contributed by atoms with Gasteiger partial charge in [0.2, 0.25) is 5.88 Å². The van der Waals surface area contributed by atoms with Crippen LogP contribution in [-0.2, 0) is 4.79 Å². The number of methoxy groups -OCH3 is 1. The minimum absolute atomic E-state index is 0.159. The highest BCUT2D eigenvalue weighted by atomic mass is 16.5. The van der Waals surface area contributed by atoms with Gasteiger partial charge >= 0.3 is 5.97 Å². The van der Waals surface area contributed by atoms with Crippen molar-refractivity contribution < 1.29 is 14.6 Å². The van der Waals surface area contributed by atoms with Crippen molar-refractivity contribution in [3.05, 3.63) is 12.4 Å². The lowest BCUT2D eigenvalue weighted by Crippen LogP contribution is -2.38. The SMILES string of the molecule is COc1cc(NC(C(=O)O)C2CCCCC2)ncn1. The molecular weight excluding hydrogens is 246 g/mol. The molecule has 0 aromatic carbocycles. The Morgan fingerprint density at radius 3 is 2.79 bits per heavy atom. The van der Waals surface area contributed by atoms with E-state index in [0.717, 1.165) is 25.7 Å². The Bertz CT molecular complexity index is 433. The number of aromatic nitrogens is 2. The lowest BCUT2D eigenvalue weighted by molar-refractivity contribution is -0.139. The van der Waals surface area contributed by atoms with Gasteiger partial charge in [0.15, 0.2) is 0 Å². The lowest BCUT2D eigenvalue weighted by atomic mass is 9.84. The maximum Gasteiger partial charge on any atom is 0.326 e. The second-order valence-corrected chi connectivity index (χ2v) is 4.80. The van der Waals surface area contributed by atoms with E-state index in [1.807, 2.05) is 0 Å². The van der Waals surface area contributed by atoms with Crippen molar-refractivity contribution in [1.29, 1.82) is 0 Å². The van der Waals surface area contributed by atoms with Crippen molar-refractivity contribution in [3.63, 3.8) is 0 Å². The minimum Gasteiger partial charge on any atom is -0.481 e. The molecule has 1 atom stereocenters. The van der Waals surface area contributed by atoms with Crippen LogP contribution in [0, 0.1) is 5.92 Å². The highest BCUT2D eigenvalue weighted by Gasteiger charge is 2.29. The number of carboxylic acid groups (broad SMARTS) is 1. The molecule has 6 nitrogen and oxygen atoms in total. The number of carboxylic acids is 1. The van der Waals surface area contributed by atoms with Gasteiger partial charge in [0.1, 0.15) is 18.2 Å². The number of rotatable bonds is 5. The number of hydrogen-bond acceptors (Lipinski definition) is 5. The Morgan fingerprint density at radius 2 is 2.16 bits per heavy atom. The van der Waals surface area contributed by atoms with Gasteiger partial charge in [-0.2, -0.15) is 0 Å². The third-order valence-electron chi connectivity index (χ3n) is 3.54. The van der Waals surface area contributed by atoms with Crippen LogP contribution in [0.1, 0.15) is 32.1 Å². The molecule has 0 bridgehead atoms. The summed E-state index contributed by atoms with van der Waals surface area (Å²) >= 11 is 0. The van der Waals surface area contributed by atoms with E-state index in [0.29, 0.717) is 11.7 Å². The number of ether oxygens (including phenoxy) is 1. The second-order valence-electron chi connectivity index (χ2n) is 4.80. The van der Waals surface area contributed by atoms with Crippen molar-refractivity contribution in [2.75, 3.05) is 12.4 Å². The quantitative estimate of drug-likeness (QED) is 0.846. The Kier molecular flexibility index (Phi) is 4.54. The molecule has 0 radical (unpaired) electrons. The van der Waals surface area contributed by atoms with E-state index in [4.69, 9.17) is 4.74 Å². The van der Waals surface area contributed by atoms with Crippen LogP contribution in [0.4, 0.5) is 5.82 Å². The predicted octanol–water partition coefficient (Wildman–Crippen LogP) is 1.93. The van der Waals surface area contributed by atoms with E-state index in [2.05, 4.69) is 15.3 Å². The van der Waals surface area contributed by atoms with Gasteiger partial charge in [-0.25, -0.2) is 14.8 Å². The van der Waals surface area contributed by atoms with E-state index in [-0.39, 0.29) is 5.92 Å². The highest BCUT2D eigenvalue weighted by molar-refractivity contribution is 5.77. The molecule has 19 heavy (non-hydrogen) atoms. The first-order valence-corrected chi connectivity index (χ1v) is 6.56. The molecular formula is C13H19N3O3. The van der Waals surface area contributed by atoms with Crippen molar-refractivity contribution in [2.45, 2.75) is 38.1 Å². The summed E-state index contributed by atoms with van der Waals surface area (Å²) in [6.07, 6.45) is 6.66. The Morgan fingerprint density at radius 1 is 1.42 bits per heavy atom. The zero-order valence-electron chi connectivity index (χ0n) is 11.0. The molecule has 0 spiro atoms. The normalized spacial score (nSPS) is 17.7. The summed E-state index contributed by atoms with van der Waals surface area (Å²) in [6, 6.07) is 1.01. The largest absolute Gasteiger partial charge is 0.481 e. The Balaban J connectivity index is 2.08. The predicted molar refractivity (Wildman–Crippen MR) is 70.2 cm³/mol. The molecule has 2 rings (SSSR count). The van der Waals surface area contributed by atoms with Gasteiger partial charge in [0.05, 0.1) is 7.11 Å². The molecule has 1 aromatic rings. The second kappa shape index (κ2) is 6.36.